The molecule has 0 fully saturated rings. The van der Waals surface area contributed by atoms with Crippen LogP contribution in [0.5, 0.6) is 0 Å². The average molecular weight is 217 g/mol. The summed E-state index contributed by atoms with van der Waals surface area (Å²) in [6, 6.07) is 7.51. The third-order valence-electron chi connectivity index (χ3n) is 1.98. The van der Waals surface area contributed by atoms with Gasteiger partial charge in [0.2, 0.25) is 0 Å². The largest absolute Gasteiger partial charge is 0.401 e. The van der Waals surface area contributed by atoms with Gasteiger partial charge < -0.3 is 0 Å². The Kier molecular flexibility index (Phi) is 3.74. The van der Waals surface area contributed by atoms with E-state index >= 15 is 0 Å². The Morgan fingerprint density at radius 1 is 1.27 bits per heavy atom. The van der Waals surface area contributed by atoms with E-state index in [1.807, 2.05) is 31.2 Å². The molecule has 0 saturated carbocycles. The molecular weight excluding hydrogens is 203 g/mol. The zero-order chi connectivity index (χ0) is 11.5. The van der Waals surface area contributed by atoms with Gasteiger partial charge in [0.25, 0.3) is 0 Å². The van der Waals surface area contributed by atoms with Crippen LogP contribution in [0.15, 0.2) is 24.3 Å². The van der Waals surface area contributed by atoms with Crippen molar-refractivity contribution in [2.75, 3.05) is 13.6 Å². The molecule has 1 rings (SSSR count). The molecule has 0 aromatic heterocycles. The van der Waals surface area contributed by atoms with Crippen LogP contribution in [0.3, 0.4) is 0 Å². The van der Waals surface area contributed by atoms with Crippen LogP contribution in [0.4, 0.5) is 13.2 Å². The summed E-state index contributed by atoms with van der Waals surface area (Å²) in [7, 11) is 1.47. The van der Waals surface area contributed by atoms with Crippen molar-refractivity contribution in [2.45, 2.75) is 19.6 Å². The molecule has 0 aliphatic heterocycles. The molecule has 0 unspecified atom stereocenters. The second kappa shape index (κ2) is 4.66. The Balaban J connectivity index is 2.55. The molecule has 0 bridgehead atoms. The van der Waals surface area contributed by atoms with Crippen molar-refractivity contribution < 1.29 is 13.2 Å². The standard InChI is InChI=1S/C11H14F3N/c1-9-4-3-5-10(6-9)7-15(2)8-11(12,13)14/h3-6H,7-8H2,1-2H3. The normalized spacial score (nSPS) is 12.1. The molecule has 0 radical (unpaired) electrons. The fraction of sp³-hybridized carbons (Fsp3) is 0.455. The van der Waals surface area contributed by atoms with E-state index in [0.29, 0.717) is 6.54 Å². The van der Waals surface area contributed by atoms with Gasteiger partial charge in [-0.1, -0.05) is 29.8 Å². The Labute approximate surface area is 87.5 Å². The van der Waals surface area contributed by atoms with Gasteiger partial charge >= 0.3 is 6.18 Å². The fourth-order valence-electron chi connectivity index (χ4n) is 1.48. The zero-order valence-corrected chi connectivity index (χ0v) is 8.80. The first-order valence-corrected chi connectivity index (χ1v) is 4.68. The monoisotopic (exact) mass is 217 g/mol. The summed E-state index contributed by atoms with van der Waals surface area (Å²) in [6.07, 6.45) is -4.13. The number of rotatable bonds is 3. The van der Waals surface area contributed by atoms with Gasteiger partial charge in [-0.2, -0.15) is 13.2 Å². The Bertz CT molecular complexity index is 320. The first kappa shape index (κ1) is 12.0. The van der Waals surface area contributed by atoms with Gasteiger partial charge in [0.15, 0.2) is 0 Å². The third-order valence-corrected chi connectivity index (χ3v) is 1.98. The Morgan fingerprint density at radius 2 is 1.93 bits per heavy atom. The summed E-state index contributed by atoms with van der Waals surface area (Å²) in [6.45, 7) is 1.37. The highest BCUT2D eigenvalue weighted by Crippen LogP contribution is 2.17. The maximum atomic E-state index is 12.0. The summed E-state index contributed by atoms with van der Waals surface area (Å²) < 4.78 is 36.1. The molecule has 0 N–H and O–H groups in total. The average Bonchev–Trinajstić information content (AvgIpc) is 1.99. The SMILES string of the molecule is Cc1cccc(CN(C)CC(F)(F)F)c1. The van der Waals surface area contributed by atoms with Crippen LogP contribution in [0, 0.1) is 6.92 Å². The molecule has 84 valence electrons. The molecule has 1 aromatic carbocycles. The number of alkyl halides is 3. The van der Waals surface area contributed by atoms with Crippen LogP contribution in [-0.4, -0.2) is 24.7 Å². The fourth-order valence-corrected chi connectivity index (χ4v) is 1.48. The van der Waals surface area contributed by atoms with E-state index in [1.165, 1.54) is 11.9 Å². The van der Waals surface area contributed by atoms with Crippen LogP contribution < -0.4 is 0 Å². The van der Waals surface area contributed by atoms with Crippen molar-refractivity contribution in [1.82, 2.24) is 4.90 Å². The zero-order valence-electron chi connectivity index (χ0n) is 8.80. The van der Waals surface area contributed by atoms with Crippen molar-refractivity contribution in [2.24, 2.45) is 0 Å². The molecule has 4 heteroatoms. The summed E-state index contributed by atoms with van der Waals surface area (Å²) in [4.78, 5) is 1.26. The van der Waals surface area contributed by atoms with Crippen molar-refractivity contribution in [3.05, 3.63) is 35.4 Å². The van der Waals surface area contributed by atoms with Gasteiger partial charge in [-0.15, -0.1) is 0 Å². The summed E-state index contributed by atoms with van der Waals surface area (Å²) in [5, 5.41) is 0. The molecule has 15 heavy (non-hydrogen) atoms. The summed E-state index contributed by atoms with van der Waals surface area (Å²) >= 11 is 0. The van der Waals surface area contributed by atoms with Crippen LogP contribution in [-0.2, 0) is 6.54 Å². The number of aryl methyl sites for hydroxylation is 1. The number of hydrogen-bond acceptors (Lipinski definition) is 1. The number of halogens is 3. The highest BCUT2D eigenvalue weighted by molar-refractivity contribution is 5.21. The minimum atomic E-state index is -4.13. The van der Waals surface area contributed by atoms with Crippen molar-refractivity contribution >= 4 is 0 Å². The predicted molar refractivity (Wildman–Crippen MR) is 53.6 cm³/mol. The second-order valence-corrected chi connectivity index (χ2v) is 3.78. The first-order valence-electron chi connectivity index (χ1n) is 4.68. The van der Waals surface area contributed by atoms with E-state index < -0.39 is 12.7 Å². The van der Waals surface area contributed by atoms with Crippen molar-refractivity contribution in [3.8, 4) is 0 Å². The smallest absolute Gasteiger partial charge is 0.294 e. The van der Waals surface area contributed by atoms with E-state index in [2.05, 4.69) is 0 Å². The molecule has 0 aliphatic rings. The Morgan fingerprint density at radius 3 is 2.47 bits per heavy atom. The second-order valence-electron chi connectivity index (χ2n) is 3.78. The van der Waals surface area contributed by atoms with Gasteiger partial charge in [0.05, 0.1) is 6.54 Å². The van der Waals surface area contributed by atoms with Gasteiger partial charge in [-0.25, -0.2) is 0 Å². The van der Waals surface area contributed by atoms with Gasteiger partial charge in [0, 0.05) is 6.54 Å². The predicted octanol–water partition coefficient (Wildman–Crippen LogP) is 2.99. The lowest BCUT2D eigenvalue weighted by molar-refractivity contribution is -0.144. The molecule has 1 nitrogen and oxygen atoms in total. The van der Waals surface area contributed by atoms with Crippen molar-refractivity contribution in [1.29, 1.82) is 0 Å². The first-order chi connectivity index (χ1) is 6.87. The molecule has 0 amide bonds. The maximum absolute atomic E-state index is 12.0. The third kappa shape index (κ3) is 4.83. The number of nitrogens with zero attached hydrogens (tertiary/aromatic N) is 1. The Hall–Kier alpha value is -1.03. The van der Waals surface area contributed by atoms with E-state index in [1.54, 1.807) is 0 Å². The van der Waals surface area contributed by atoms with E-state index in [0.717, 1.165) is 11.1 Å². The summed E-state index contributed by atoms with van der Waals surface area (Å²) in [5.74, 6) is 0. The lowest BCUT2D eigenvalue weighted by atomic mass is 10.1. The van der Waals surface area contributed by atoms with E-state index in [4.69, 9.17) is 0 Å². The molecule has 0 saturated heterocycles. The van der Waals surface area contributed by atoms with Crippen LogP contribution in [0.2, 0.25) is 0 Å². The minimum Gasteiger partial charge on any atom is -0.294 e. The lowest BCUT2D eigenvalue weighted by Gasteiger charge is -2.18. The number of hydrogen-bond donors (Lipinski definition) is 0. The van der Waals surface area contributed by atoms with Crippen LogP contribution in [0.1, 0.15) is 11.1 Å². The maximum Gasteiger partial charge on any atom is 0.401 e. The number of benzene rings is 1. The van der Waals surface area contributed by atoms with Crippen LogP contribution in [0.25, 0.3) is 0 Å². The van der Waals surface area contributed by atoms with Gasteiger partial charge in [-0.05, 0) is 19.5 Å². The molecule has 0 heterocycles. The topological polar surface area (TPSA) is 3.24 Å². The lowest BCUT2D eigenvalue weighted by Crippen LogP contribution is -2.30. The highest BCUT2D eigenvalue weighted by atomic mass is 19.4. The van der Waals surface area contributed by atoms with Gasteiger partial charge in [-0.3, -0.25) is 4.90 Å². The molecular formula is C11H14F3N. The van der Waals surface area contributed by atoms with Crippen LogP contribution >= 0.6 is 0 Å². The highest BCUT2D eigenvalue weighted by Gasteiger charge is 2.28. The van der Waals surface area contributed by atoms with E-state index in [9.17, 15) is 13.2 Å². The van der Waals surface area contributed by atoms with E-state index in [-0.39, 0.29) is 0 Å². The minimum absolute atomic E-state index is 0.321. The molecule has 0 atom stereocenters. The van der Waals surface area contributed by atoms with Gasteiger partial charge in [0.1, 0.15) is 0 Å². The quantitative estimate of drug-likeness (QED) is 0.752. The molecule has 1 aromatic rings. The van der Waals surface area contributed by atoms with Crippen molar-refractivity contribution in [3.63, 3.8) is 0 Å². The molecule has 0 aliphatic carbocycles. The molecule has 0 spiro atoms. The summed E-state index contributed by atoms with van der Waals surface area (Å²) in [5.41, 5.74) is 1.97.